The number of hydrogen-bond acceptors (Lipinski definition) is 4. The van der Waals surface area contributed by atoms with Crippen LogP contribution in [0.2, 0.25) is 5.02 Å². The van der Waals surface area contributed by atoms with E-state index in [1.807, 2.05) is 12.1 Å². The molecule has 2 aromatic carbocycles. The van der Waals surface area contributed by atoms with Crippen molar-refractivity contribution in [3.8, 4) is 11.5 Å². The van der Waals surface area contributed by atoms with Crippen LogP contribution in [0.3, 0.4) is 0 Å². The molecule has 0 bridgehead atoms. The van der Waals surface area contributed by atoms with E-state index in [0.29, 0.717) is 11.5 Å². The van der Waals surface area contributed by atoms with Gasteiger partial charge in [0, 0.05) is 18.6 Å². The van der Waals surface area contributed by atoms with Gasteiger partial charge in [-0.3, -0.25) is 10.1 Å². The predicted molar refractivity (Wildman–Crippen MR) is 116 cm³/mol. The third kappa shape index (κ3) is 4.98. The second kappa shape index (κ2) is 7.81. The first-order chi connectivity index (χ1) is 13.5. The van der Waals surface area contributed by atoms with Gasteiger partial charge < -0.3 is 9.47 Å². The number of nitrogens with zero attached hydrogens (tertiary/aromatic N) is 1. The van der Waals surface area contributed by atoms with Gasteiger partial charge in [0.15, 0.2) is 0 Å². The van der Waals surface area contributed by atoms with Crippen molar-refractivity contribution in [2.75, 3.05) is 0 Å². The number of aryl methyl sites for hydroxylation is 1. The van der Waals surface area contributed by atoms with E-state index in [0.717, 1.165) is 18.4 Å². The summed E-state index contributed by atoms with van der Waals surface area (Å²) in [6, 6.07) is 10.4. The normalized spacial score (nSPS) is 17.5. The molecule has 6 heteroatoms. The molecule has 0 aromatic heterocycles. The fourth-order valence-corrected chi connectivity index (χ4v) is 4.18. The maximum Gasteiger partial charge on any atom is 0.288 e. The summed E-state index contributed by atoms with van der Waals surface area (Å²) in [6.45, 7) is 10.5. The van der Waals surface area contributed by atoms with E-state index in [1.54, 1.807) is 6.07 Å². The summed E-state index contributed by atoms with van der Waals surface area (Å²) in [5.41, 5.74) is 2.85. The number of halogens is 1. The molecule has 0 fully saturated rings. The van der Waals surface area contributed by atoms with Gasteiger partial charge in [0.2, 0.25) is 0 Å². The van der Waals surface area contributed by atoms with E-state index in [-0.39, 0.29) is 21.9 Å². The summed E-state index contributed by atoms with van der Waals surface area (Å²) in [5.74, 6) is 1.11. The molecule has 1 heterocycles. The third-order valence-electron chi connectivity index (χ3n) is 4.84. The number of ether oxygens (including phenoxy) is 2. The van der Waals surface area contributed by atoms with Crippen LogP contribution >= 0.6 is 11.6 Å². The van der Waals surface area contributed by atoms with Crippen molar-refractivity contribution < 1.29 is 14.4 Å². The van der Waals surface area contributed by atoms with E-state index < -0.39 is 4.92 Å². The zero-order valence-electron chi connectivity index (χ0n) is 17.4. The highest BCUT2D eigenvalue weighted by Gasteiger charge is 2.34. The molecule has 0 aliphatic carbocycles. The lowest BCUT2D eigenvalue weighted by atomic mass is 9.84. The molecular weight excluding hydrogens is 390 g/mol. The van der Waals surface area contributed by atoms with Crippen LogP contribution in [-0.2, 0) is 11.2 Å². The summed E-state index contributed by atoms with van der Waals surface area (Å²) in [6.07, 6.45) is 3.88. The van der Waals surface area contributed by atoms with E-state index in [4.69, 9.17) is 21.1 Å². The number of nitro groups is 1. The summed E-state index contributed by atoms with van der Waals surface area (Å²) >= 11 is 6.01. The Hall–Kier alpha value is -2.37. The standard InChI is InChI=1S/C23H26ClNO4/c1-6-15-7-8-17(28-18-9-10-21(25(26)27)20(24)12-18)11-19(15)16-13-22(2,3)29-23(4,5)14-16/h7-13H,6,14H2,1-5H3. The first-order valence-corrected chi connectivity index (χ1v) is 10.0. The van der Waals surface area contributed by atoms with Gasteiger partial charge in [0.1, 0.15) is 16.5 Å². The molecule has 0 spiro atoms. The highest BCUT2D eigenvalue weighted by Crippen LogP contribution is 2.41. The molecule has 1 aliphatic heterocycles. The molecule has 0 unspecified atom stereocenters. The molecular formula is C23H26ClNO4. The summed E-state index contributed by atoms with van der Waals surface area (Å²) in [5, 5.41) is 11.0. The maximum atomic E-state index is 11.0. The SMILES string of the molecule is CCc1ccc(Oc2ccc([N+](=O)[O-])c(Cl)c2)cc1C1=CC(C)(C)OC(C)(C)C1. The molecule has 0 saturated carbocycles. The largest absolute Gasteiger partial charge is 0.457 e. The van der Waals surface area contributed by atoms with Crippen molar-refractivity contribution in [1.29, 1.82) is 0 Å². The Labute approximate surface area is 176 Å². The lowest BCUT2D eigenvalue weighted by Crippen LogP contribution is -2.39. The summed E-state index contributed by atoms with van der Waals surface area (Å²) < 4.78 is 12.1. The van der Waals surface area contributed by atoms with Crippen LogP contribution in [0.5, 0.6) is 11.5 Å². The van der Waals surface area contributed by atoms with Crippen LogP contribution in [0.15, 0.2) is 42.5 Å². The van der Waals surface area contributed by atoms with Crippen LogP contribution in [0, 0.1) is 10.1 Å². The number of rotatable bonds is 5. The smallest absolute Gasteiger partial charge is 0.288 e. The van der Waals surface area contributed by atoms with Crippen LogP contribution in [-0.4, -0.2) is 16.1 Å². The fourth-order valence-electron chi connectivity index (χ4n) is 3.94. The highest BCUT2D eigenvalue weighted by atomic mass is 35.5. The Morgan fingerprint density at radius 3 is 2.38 bits per heavy atom. The van der Waals surface area contributed by atoms with E-state index in [2.05, 4.69) is 46.8 Å². The number of nitro benzene ring substituents is 1. The van der Waals surface area contributed by atoms with Gasteiger partial charge >= 0.3 is 0 Å². The van der Waals surface area contributed by atoms with Crippen LogP contribution in [0.25, 0.3) is 5.57 Å². The van der Waals surface area contributed by atoms with E-state index >= 15 is 0 Å². The van der Waals surface area contributed by atoms with Crippen LogP contribution in [0.1, 0.15) is 52.2 Å². The van der Waals surface area contributed by atoms with Crippen molar-refractivity contribution in [3.63, 3.8) is 0 Å². The second-order valence-corrected chi connectivity index (χ2v) is 8.86. The average Bonchev–Trinajstić information content (AvgIpc) is 2.58. The van der Waals surface area contributed by atoms with Crippen molar-refractivity contribution in [2.45, 2.75) is 58.7 Å². The van der Waals surface area contributed by atoms with Gasteiger partial charge in [0.25, 0.3) is 5.69 Å². The first kappa shape index (κ1) is 21.3. The van der Waals surface area contributed by atoms with Crippen molar-refractivity contribution >= 4 is 22.9 Å². The van der Waals surface area contributed by atoms with Crippen LogP contribution in [0.4, 0.5) is 5.69 Å². The Morgan fingerprint density at radius 2 is 1.79 bits per heavy atom. The van der Waals surface area contributed by atoms with Gasteiger partial charge in [-0.2, -0.15) is 0 Å². The molecule has 0 N–H and O–H groups in total. The predicted octanol–water partition coefficient (Wildman–Crippen LogP) is 6.96. The molecule has 2 aromatic rings. The van der Waals surface area contributed by atoms with Crippen LogP contribution < -0.4 is 4.74 Å². The lowest BCUT2D eigenvalue weighted by Gasteiger charge is -2.40. The number of benzene rings is 2. The molecule has 29 heavy (non-hydrogen) atoms. The Morgan fingerprint density at radius 1 is 1.14 bits per heavy atom. The monoisotopic (exact) mass is 415 g/mol. The van der Waals surface area contributed by atoms with Gasteiger partial charge in [0.05, 0.1) is 16.1 Å². The average molecular weight is 416 g/mol. The Kier molecular flexibility index (Phi) is 5.74. The maximum absolute atomic E-state index is 11.0. The molecule has 3 rings (SSSR count). The molecule has 0 amide bonds. The fraction of sp³-hybridized carbons (Fsp3) is 0.391. The summed E-state index contributed by atoms with van der Waals surface area (Å²) in [7, 11) is 0. The molecule has 1 aliphatic rings. The summed E-state index contributed by atoms with van der Waals surface area (Å²) in [4.78, 5) is 10.4. The lowest BCUT2D eigenvalue weighted by molar-refractivity contribution is -0.384. The molecule has 0 radical (unpaired) electrons. The Balaban J connectivity index is 1.97. The van der Waals surface area contributed by atoms with Gasteiger partial charge in [-0.25, -0.2) is 0 Å². The quantitative estimate of drug-likeness (QED) is 0.391. The third-order valence-corrected chi connectivity index (χ3v) is 5.14. The minimum Gasteiger partial charge on any atom is -0.457 e. The van der Waals surface area contributed by atoms with E-state index in [1.165, 1.54) is 23.3 Å². The van der Waals surface area contributed by atoms with Gasteiger partial charge in [-0.15, -0.1) is 0 Å². The van der Waals surface area contributed by atoms with Crippen molar-refractivity contribution in [1.82, 2.24) is 0 Å². The minimum absolute atomic E-state index is 0.0496. The number of hydrogen-bond donors (Lipinski definition) is 0. The van der Waals surface area contributed by atoms with Crippen molar-refractivity contribution in [2.24, 2.45) is 0 Å². The van der Waals surface area contributed by atoms with Gasteiger partial charge in [-0.1, -0.05) is 24.6 Å². The first-order valence-electron chi connectivity index (χ1n) is 9.67. The molecule has 5 nitrogen and oxygen atoms in total. The molecule has 0 atom stereocenters. The molecule has 0 saturated heterocycles. The topological polar surface area (TPSA) is 61.6 Å². The second-order valence-electron chi connectivity index (χ2n) is 8.46. The molecule has 154 valence electrons. The van der Waals surface area contributed by atoms with E-state index in [9.17, 15) is 10.1 Å². The zero-order valence-corrected chi connectivity index (χ0v) is 18.2. The highest BCUT2D eigenvalue weighted by molar-refractivity contribution is 6.32. The Bertz CT molecular complexity index is 979. The zero-order chi connectivity index (χ0) is 21.4. The minimum atomic E-state index is -0.513. The van der Waals surface area contributed by atoms with Crippen molar-refractivity contribution in [3.05, 3.63) is 68.7 Å². The van der Waals surface area contributed by atoms with Gasteiger partial charge in [-0.05, 0) is 75.1 Å².